The van der Waals surface area contributed by atoms with Gasteiger partial charge in [-0.1, -0.05) is 13.8 Å². The Kier molecular flexibility index (Phi) is 1.29. The monoisotopic (exact) mass is 153 g/mol. The van der Waals surface area contributed by atoms with Gasteiger partial charge in [0.1, 0.15) is 0 Å². The zero-order valence-corrected chi connectivity index (χ0v) is 7.26. The molecule has 0 spiro atoms. The van der Waals surface area contributed by atoms with Crippen LogP contribution < -0.4 is 0 Å². The Bertz CT molecular complexity index is 198. The SMILES string of the molecule is CC1(C)C[C@@H]2CCC(=O)N2C1. The topological polar surface area (TPSA) is 20.3 Å². The van der Waals surface area contributed by atoms with Crippen LogP contribution in [0.5, 0.6) is 0 Å². The number of carbonyl (C=O) groups is 1. The molecular formula is C9H15NO. The molecule has 2 saturated heterocycles. The Hall–Kier alpha value is -0.530. The number of fused-ring (bicyclic) bond motifs is 1. The molecule has 0 radical (unpaired) electrons. The molecule has 1 atom stereocenters. The van der Waals surface area contributed by atoms with Gasteiger partial charge in [0, 0.05) is 19.0 Å². The molecule has 11 heavy (non-hydrogen) atoms. The first kappa shape index (κ1) is 7.14. The molecule has 0 aliphatic carbocycles. The molecule has 0 aromatic heterocycles. The fourth-order valence-electron chi connectivity index (χ4n) is 2.39. The predicted molar refractivity (Wildman–Crippen MR) is 43.1 cm³/mol. The van der Waals surface area contributed by atoms with E-state index < -0.39 is 0 Å². The van der Waals surface area contributed by atoms with Crippen LogP contribution in [-0.2, 0) is 4.79 Å². The van der Waals surface area contributed by atoms with E-state index in [2.05, 4.69) is 18.7 Å². The van der Waals surface area contributed by atoms with Crippen molar-refractivity contribution in [3.05, 3.63) is 0 Å². The van der Waals surface area contributed by atoms with Crippen LogP contribution in [0.25, 0.3) is 0 Å². The minimum atomic E-state index is 0.376. The zero-order chi connectivity index (χ0) is 8.06. The second kappa shape index (κ2) is 1.99. The molecule has 0 unspecified atom stereocenters. The van der Waals surface area contributed by atoms with Crippen LogP contribution in [0.3, 0.4) is 0 Å². The molecule has 0 saturated carbocycles. The van der Waals surface area contributed by atoms with Crippen LogP contribution >= 0.6 is 0 Å². The summed E-state index contributed by atoms with van der Waals surface area (Å²) < 4.78 is 0. The van der Waals surface area contributed by atoms with Crippen molar-refractivity contribution < 1.29 is 4.79 Å². The van der Waals surface area contributed by atoms with E-state index in [1.807, 2.05) is 0 Å². The van der Waals surface area contributed by atoms with Crippen molar-refractivity contribution in [3.8, 4) is 0 Å². The van der Waals surface area contributed by atoms with Crippen molar-refractivity contribution in [3.63, 3.8) is 0 Å². The third-order valence-corrected chi connectivity index (χ3v) is 2.84. The lowest BCUT2D eigenvalue weighted by Gasteiger charge is -2.17. The normalized spacial score (nSPS) is 34.5. The van der Waals surface area contributed by atoms with Crippen LogP contribution in [0.2, 0.25) is 0 Å². The quantitative estimate of drug-likeness (QED) is 0.515. The highest BCUT2D eigenvalue weighted by Crippen LogP contribution is 2.39. The summed E-state index contributed by atoms with van der Waals surface area (Å²) in [7, 11) is 0. The summed E-state index contributed by atoms with van der Waals surface area (Å²) in [5, 5.41) is 0. The van der Waals surface area contributed by atoms with Gasteiger partial charge >= 0.3 is 0 Å². The van der Waals surface area contributed by atoms with E-state index in [0.29, 0.717) is 17.4 Å². The smallest absolute Gasteiger partial charge is 0.222 e. The average Bonchev–Trinajstić information content (AvgIpc) is 2.31. The maximum Gasteiger partial charge on any atom is 0.222 e. The Morgan fingerprint density at radius 1 is 1.55 bits per heavy atom. The number of hydrogen-bond acceptors (Lipinski definition) is 1. The lowest BCUT2D eigenvalue weighted by molar-refractivity contribution is -0.128. The van der Waals surface area contributed by atoms with E-state index in [1.165, 1.54) is 6.42 Å². The van der Waals surface area contributed by atoms with Crippen molar-refractivity contribution in [2.45, 2.75) is 39.2 Å². The summed E-state index contributed by atoms with van der Waals surface area (Å²) in [6.45, 7) is 5.48. The minimum absolute atomic E-state index is 0.376. The molecule has 2 fully saturated rings. The largest absolute Gasteiger partial charge is 0.339 e. The molecule has 2 nitrogen and oxygen atoms in total. The lowest BCUT2D eigenvalue weighted by Crippen LogP contribution is -2.28. The Labute approximate surface area is 67.6 Å². The summed E-state index contributed by atoms with van der Waals surface area (Å²) in [4.78, 5) is 13.3. The van der Waals surface area contributed by atoms with Crippen LogP contribution in [-0.4, -0.2) is 23.4 Å². The van der Waals surface area contributed by atoms with E-state index in [1.54, 1.807) is 0 Å². The van der Waals surface area contributed by atoms with E-state index >= 15 is 0 Å². The highest BCUT2D eigenvalue weighted by Gasteiger charge is 2.43. The molecule has 0 N–H and O–H groups in total. The first-order valence-electron chi connectivity index (χ1n) is 4.38. The predicted octanol–water partition coefficient (Wildman–Crippen LogP) is 1.41. The van der Waals surface area contributed by atoms with E-state index in [-0.39, 0.29) is 0 Å². The number of carbonyl (C=O) groups excluding carboxylic acids is 1. The number of nitrogens with zero attached hydrogens (tertiary/aromatic N) is 1. The Balaban J connectivity index is 2.16. The first-order chi connectivity index (χ1) is 5.08. The molecule has 2 heteroatoms. The van der Waals surface area contributed by atoms with Gasteiger partial charge in [0.2, 0.25) is 5.91 Å². The van der Waals surface area contributed by atoms with Gasteiger partial charge in [0.15, 0.2) is 0 Å². The molecule has 0 aromatic carbocycles. The van der Waals surface area contributed by atoms with Crippen LogP contribution in [0.15, 0.2) is 0 Å². The van der Waals surface area contributed by atoms with E-state index in [9.17, 15) is 4.79 Å². The summed E-state index contributed by atoms with van der Waals surface area (Å²) >= 11 is 0. The van der Waals surface area contributed by atoms with Crippen molar-refractivity contribution in [1.82, 2.24) is 4.90 Å². The van der Waals surface area contributed by atoms with Crippen molar-refractivity contribution in [2.75, 3.05) is 6.54 Å². The first-order valence-corrected chi connectivity index (χ1v) is 4.38. The highest BCUT2D eigenvalue weighted by molar-refractivity contribution is 5.79. The molecule has 1 amide bonds. The summed E-state index contributed by atoms with van der Waals surface area (Å²) in [5.74, 6) is 0.376. The van der Waals surface area contributed by atoms with Gasteiger partial charge in [0.05, 0.1) is 0 Å². The molecule has 2 heterocycles. The van der Waals surface area contributed by atoms with Gasteiger partial charge < -0.3 is 4.90 Å². The lowest BCUT2D eigenvalue weighted by atomic mass is 9.89. The number of hydrogen-bond donors (Lipinski definition) is 0. The number of amides is 1. The molecule has 0 bridgehead atoms. The van der Waals surface area contributed by atoms with Crippen molar-refractivity contribution >= 4 is 5.91 Å². The average molecular weight is 153 g/mol. The molecule has 2 aliphatic rings. The Morgan fingerprint density at radius 3 is 2.91 bits per heavy atom. The van der Waals surface area contributed by atoms with Gasteiger partial charge in [-0.2, -0.15) is 0 Å². The summed E-state index contributed by atoms with van der Waals surface area (Å²) in [6, 6.07) is 0.581. The molecule has 2 aliphatic heterocycles. The van der Waals surface area contributed by atoms with Crippen molar-refractivity contribution in [1.29, 1.82) is 0 Å². The van der Waals surface area contributed by atoms with Gasteiger partial charge in [-0.25, -0.2) is 0 Å². The molecule has 0 aromatic rings. The standard InChI is InChI=1S/C9H15NO/c1-9(2)5-7-3-4-8(11)10(7)6-9/h7H,3-6H2,1-2H3/t7-/m0/s1. The fraction of sp³-hybridized carbons (Fsp3) is 0.889. The van der Waals surface area contributed by atoms with E-state index in [0.717, 1.165) is 19.4 Å². The minimum Gasteiger partial charge on any atom is -0.339 e. The van der Waals surface area contributed by atoms with Crippen LogP contribution in [0.1, 0.15) is 33.1 Å². The highest BCUT2D eigenvalue weighted by atomic mass is 16.2. The summed E-state index contributed by atoms with van der Waals surface area (Å²) in [5.41, 5.74) is 0.376. The van der Waals surface area contributed by atoms with Gasteiger partial charge in [-0.15, -0.1) is 0 Å². The maximum atomic E-state index is 11.3. The van der Waals surface area contributed by atoms with Crippen LogP contribution in [0, 0.1) is 5.41 Å². The molecular weight excluding hydrogens is 138 g/mol. The van der Waals surface area contributed by atoms with E-state index in [4.69, 9.17) is 0 Å². The second-order valence-corrected chi connectivity index (χ2v) is 4.58. The molecule has 2 rings (SSSR count). The third-order valence-electron chi connectivity index (χ3n) is 2.84. The van der Waals surface area contributed by atoms with Gasteiger partial charge in [-0.3, -0.25) is 4.79 Å². The second-order valence-electron chi connectivity index (χ2n) is 4.58. The molecule has 62 valence electrons. The zero-order valence-electron chi connectivity index (χ0n) is 7.26. The van der Waals surface area contributed by atoms with Crippen LogP contribution in [0.4, 0.5) is 0 Å². The third kappa shape index (κ3) is 1.05. The summed E-state index contributed by atoms with van der Waals surface area (Å²) in [6.07, 6.45) is 3.10. The fourth-order valence-corrected chi connectivity index (χ4v) is 2.39. The maximum absolute atomic E-state index is 11.3. The number of rotatable bonds is 0. The Morgan fingerprint density at radius 2 is 2.27 bits per heavy atom. The van der Waals surface area contributed by atoms with Gasteiger partial charge in [-0.05, 0) is 18.3 Å². The van der Waals surface area contributed by atoms with Crippen molar-refractivity contribution in [2.24, 2.45) is 5.41 Å². The van der Waals surface area contributed by atoms with Gasteiger partial charge in [0.25, 0.3) is 0 Å².